The van der Waals surface area contributed by atoms with Crippen molar-refractivity contribution in [1.29, 1.82) is 0 Å². The summed E-state index contributed by atoms with van der Waals surface area (Å²) in [5.41, 5.74) is 1.57. The van der Waals surface area contributed by atoms with Gasteiger partial charge in [-0.2, -0.15) is 5.10 Å². The number of benzene rings is 1. The molecule has 100 valence electrons. The molecule has 3 rings (SSSR count). The van der Waals surface area contributed by atoms with Crippen molar-refractivity contribution in [3.05, 3.63) is 28.4 Å². The summed E-state index contributed by atoms with van der Waals surface area (Å²) in [7, 11) is 1.40. The van der Waals surface area contributed by atoms with E-state index in [1.54, 1.807) is 12.3 Å². The average molecular weight is 323 g/mol. The molecule has 1 heterocycles. The maximum absolute atomic E-state index is 11.8. The Morgan fingerprint density at radius 3 is 2.84 bits per heavy atom. The van der Waals surface area contributed by atoms with Crippen molar-refractivity contribution in [2.75, 3.05) is 7.11 Å². The van der Waals surface area contributed by atoms with Crippen LogP contribution in [0.1, 0.15) is 42.1 Å². The van der Waals surface area contributed by atoms with Crippen molar-refractivity contribution in [2.45, 2.75) is 31.7 Å². The molecule has 0 spiro atoms. The molecule has 0 bridgehead atoms. The Kier molecular flexibility index (Phi) is 3.31. The number of carbonyl (C=O) groups is 1. The van der Waals surface area contributed by atoms with Crippen LogP contribution >= 0.6 is 15.9 Å². The number of hydrogen-bond donors (Lipinski definition) is 0. The maximum Gasteiger partial charge on any atom is 0.338 e. The number of rotatable bonds is 2. The Balaban J connectivity index is 2.17. The maximum atomic E-state index is 11.8. The highest BCUT2D eigenvalue weighted by Crippen LogP contribution is 2.33. The molecule has 0 saturated heterocycles. The fourth-order valence-corrected chi connectivity index (χ4v) is 3.28. The molecule has 2 aromatic rings. The van der Waals surface area contributed by atoms with Gasteiger partial charge in [-0.25, -0.2) is 4.79 Å². The van der Waals surface area contributed by atoms with E-state index in [-0.39, 0.29) is 5.97 Å². The lowest BCUT2D eigenvalue weighted by Crippen LogP contribution is -2.07. The predicted molar refractivity (Wildman–Crippen MR) is 76.3 cm³/mol. The fourth-order valence-electron chi connectivity index (χ4n) is 2.83. The van der Waals surface area contributed by atoms with Gasteiger partial charge in [-0.1, -0.05) is 28.8 Å². The fraction of sp³-hybridized carbons (Fsp3) is 0.429. The summed E-state index contributed by atoms with van der Waals surface area (Å²) in [5.74, 6) is -0.322. The Hall–Kier alpha value is -1.36. The first-order valence-corrected chi connectivity index (χ1v) is 7.25. The van der Waals surface area contributed by atoms with E-state index in [0.29, 0.717) is 11.6 Å². The molecule has 0 unspecified atom stereocenters. The van der Waals surface area contributed by atoms with Gasteiger partial charge in [0, 0.05) is 9.86 Å². The van der Waals surface area contributed by atoms with Gasteiger partial charge >= 0.3 is 5.97 Å². The molecule has 1 aromatic carbocycles. The number of nitrogens with zero attached hydrogens (tertiary/aromatic N) is 2. The lowest BCUT2D eigenvalue weighted by molar-refractivity contribution is 0.0603. The summed E-state index contributed by atoms with van der Waals surface area (Å²) in [5, 5.41) is 5.35. The Morgan fingerprint density at radius 2 is 2.16 bits per heavy atom. The number of hydrogen-bond acceptors (Lipinski definition) is 3. The number of halogens is 1. The standard InChI is InChI=1S/C14H15BrN2O2/c1-19-14(18)11-6-9(15)7-13-12(11)8-16-17(13)10-4-2-3-5-10/h6-8,10H,2-5H2,1H3. The third-order valence-electron chi connectivity index (χ3n) is 3.76. The molecule has 0 aliphatic heterocycles. The summed E-state index contributed by atoms with van der Waals surface area (Å²) in [6.07, 6.45) is 6.60. The van der Waals surface area contributed by atoms with E-state index in [4.69, 9.17) is 4.74 Å². The summed E-state index contributed by atoms with van der Waals surface area (Å²) in [4.78, 5) is 11.8. The number of methoxy groups -OCH3 is 1. The van der Waals surface area contributed by atoms with Gasteiger partial charge in [0.05, 0.1) is 30.4 Å². The molecule has 0 radical (unpaired) electrons. The van der Waals surface area contributed by atoms with Gasteiger partial charge in [-0.05, 0) is 25.0 Å². The van der Waals surface area contributed by atoms with Crippen LogP contribution in [0.15, 0.2) is 22.8 Å². The van der Waals surface area contributed by atoms with Crippen molar-refractivity contribution < 1.29 is 9.53 Å². The van der Waals surface area contributed by atoms with Crippen LogP contribution in [-0.4, -0.2) is 22.9 Å². The molecule has 4 nitrogen and oxygen atoms in total. The van der Waals surface area contributed by atoms with Crippen LogP contribution in [-0.2, 0) is 4.74 Å². The van der Waals surface area contributed by atoms with E-state index in [0.717, 1.165) is 28.2 Å². The molecule has 0 atom stereocenters. The second-order valence-electron chi connectivity index (χ2n) is 4.91. The number of ether oxygens (including phenoxy) is 1. The monoisotopic (exact) mass is 322 g/mol. The highest BCUT2D eigenvalue weighted by Gasteiger charge is 2.22. The largest absolute Gasteiger partial charge is 0.465 e. The molecule has 1 fully saturated rings. The minimum Gasteiger partial charge on any atom is -0.465 e. The zero-order valence-electron chi connectivity index (χ0n) is 10.7. The minimum atomic E-state index is -0.322. The molecule has 1 saturated carbocycles. The van der Waals surface area contributed by atoms with E-state index < -0.39 is 0 Å². The summed E-state index contributed by atoms with van der Waals surface area (Å²) in [6.45, 7) is 0. The smallest absolute Gasteiger partial charge is 0.338 e. The Morgan fingerprint density at radius 1 is 1.42 bits per heavy atom. The van der Waals surface area contributed by atoms with E-state index in [1.807, 2.05) is 6.07 Å². The van der Waals surface area contributed by atoms with Crippen LogP contribution in [0.3, 0.4) is 0 Å². The van der Waals surface area contributed by atoms with Crippen molar-refractivity contribution in [3.63, 3.8) is 0 Å². The topological polar surface area (TPSA) is 44.1 Å². The van der Waals surface area contributed by atoms with Gasteiger partial charge in [-0.3, -0.25) is 4.68 Å². The van der Waals surface area contributed by atoms with Gasteiger partial charge in [0.15, 0.2) is 0 Å². The van der Waals surface area contributed by atoms with E-state index >= 15 is 0 Å². The normalized spacial score (nSPS) is 16.1. The van der Waals surface area contributed by atoms with Crippen molar-refractivity contribution in [2.24, 2.45) is 0 Å². The Bertz CT molecular complexity index is 630. The summed E-state index contributed by atoms with van der Waals surface area (Å²) in [6, 6.07) is 4.26. The van der Waals surface area contributed by atoms with Gasteiger partial charge < -0.3 is 4.74 Å². The zero-order chi connectivity index (χ0) is 13.4. The lowest BCUT2D eigenvalue weighted by atomic mass is 10.1. The SMILES string of the molecule is COC(=O)c1cc(Br)cc2c1cnn2C1CCCC1. The molecule has 0 amide bonds. The van der Waals surface area contributed by atoms with Gasteiger partial charge in [0.2, 0.25) is 0 Å². The first kappa shape index (κ1) is 12.7. The number of carbonyl (C=O) groups excluding carboxylic acids is 1. The quantitative estimate of drug-likeness (QED) is 0.792. The van der Waals surface area contributed by atoms with Gasteiger partial charge in [0.1, 0.15) is 0 Å². The third-order valence-corrected chi connectivity index (χ3v) is 4.21. The highest BCUT2D eigenvalue weighted by molar-refractivity contribution is 9.10. The minimum absolute atomic E-state index is 0.322. The van der Waals surface area contributed by atoms with Gasteiger partial charge in [0.25, 0.3) is 0 Å². The first-order valence-electron chi connectivity index (χ1n) is 6.46. The summed E-state index contributed by atoms with van der Waals surface area (Å²) < 4.78 is 7.77. The zero-order valence-corrected chi connectivity index (χ0v) is 12.3. The van der Waals surface area contributed by atoms with E-state index in [2.05, 4.69) is 25.7 Å². The number of fused-ring (bicyclic) bond motifs is 1. The number of aromatic nitrogens is 2. The molecule has 1 aliphatic rings. The van der Waals surface area contributed by atoms with Crippen LogP contribution in [0.5, 0.6) is 0 Å². The van der Waals surface area contributed by atoms with E-state index in [9.17, 15) is 4.79 Å². The van der Waals surface area contributed by atoms with Crippen LogP contribution in [0.25, 0.3) is 10.9 Å². The van der Waals surface area contributed by atoms with Crippen LogP contribution < -0.4 is 0 Å². The second kappa shape index (κ2) is 4.96. The van der Waals surface area contributed by atoms with Crippen molar-refractivity contribution >= 4 is 32.8 Å². The molecular formula is C14H15BrN2O2. The second-order valence-corrected chi connectivity index (χ2v) is 5.82. The predicted octanol–water partition coefficient (Wildman–Crippen LogP) is 3.70. The Labute approximate surface area is 119 Å². The van der Waals surface area contributed by atoms with Crippen molar-refractivity contribution in [1.82, 2.24) is 9.78 Å². The van der Waals surface area contributed by atoms with Gasteiger partial charge in [-0.15, -0.1) is 0 Å². The van der Waals surface area contributed by atoms with E-state index in [1.165, 1.54) is 20.0 Å². The first-order chi connectivity index (χ1) is 9.20. The molecule has 19 heavy (non-hydrogen) atoms. The third kappa shape index (κ3) is 2.16. The molecular weight excluding hydrogens is 308 g/mol. The van der Waals surface area contributed by atoms with Crippen molar-refractivity contribution in [3.8, 4) is 0 Å². The average Bonchev–Trinajstić information content (AvgIpc) is 3.04. The molecule has 1 aromatic heterocycles. The highest BCUT2D eigenvalue weighted by atomic mass is 79.9. The van der Waals surface area contributed by atoms with Crippen LogP contribution in [0.4, 0.5) is 0 Å². The van der Waals surface area contributed by atoms with Crippen LogP contribution in [0.2, 0.25) is 0 Å². The lowest BCUT2D eigenvalue weighted by Gasteiger charge is -2.12. The number of esters is 1. The summed E-state index contributed by atoms with van der Waals surface area (Å²) >= 11 is 3.46. The molecule has 0 N–H and O–H groups in total. The molecule has 5 heteroatoms. The molecule has 1 aliphatic carbocycles. The van der Waals surface area contributed by atoms with Crippen LogP contribution in [0, 0.1) is 0 Å².